The van der Waals surface area contributed by atoms with Gasteiger partial charge in [0.1, 0.15) is 22.8 Å². The van der Waals surface area contributed by atoms with Crippen LogP contribution in [0.3, 0.4) is 0 Å². The fourth-order valence-electron chi connectivity index (χ4n) is 2.83. The minimum absolute atomic E-state index is 0.103. The third kappa shape index (κ3) is 3.90. The summed E-state index contributed by atoms with van der Waals surface area (Å²) in [7, 11) is 1.56. The molecule has 0 saturated carbocycles. The number of aromatic nitrogens is 4. The minimum atomic E-state index is -0.278. The monoisotopic (exact) mass is 409 g/mol. The van der Waals surface area contributed by atoms with Gasteiger partial charge < -0.3 is 14.8 Å². The van der Waals surface area contributed by atoms with E-state index < -0.39 is 0 Å². The molecule has 0 atom stereocenters. The van der Waals surface area contributed by atoms with Crippen LogP contribution in [0.25, 0.3) is 15.5 Å². The van der Waals surface area contributed by atoms with Crippen molar-refractivity contribution < 1.29 is 14.3 Å². The lowest BCUT2D eigenvalue weighted by molar-refractivity contribution is -0.118. The van der Waals surface area contributed by atoms with E-state index in [1.54, 1.807) is 24.0 Å². The number of nitrogens with zero attached hydrogens (tertiary/aromatic N) is 4. The normalized spacial score (nSPS) is 10.9. The molecule has 1 N–H and O–H groups in total. The second-order valence-corrected chi connectivity index (χ2v) is 7.37. The van der Waals surface area contributed by atoms with Gasteiger partial charge in [0.25, 0.3) is 5.91 Å². The Hall–Kier alpha value is -3.46. The number of carbonyl (C=O) groups excluding carboxylic acids is 1. The highest BCUT2D eigenvalue weighted by atomic mass is 32.1. The van der Waals surface area contributed by atoms with Gasteiger partial charge in [0.2, 0.25) is 4.96 Å². The SMILES string of the molecule is COc1ccc(-c2nn3cnnc3s2)cc1NC(=O)COc1cccc(C)c1C. The van der Waals surface area contributed by atoms with Crippen LogP contribution in [-0.2, 0) is 4.79 Å². The molecule has 1 amide bonds. The highest BCUT2D eigenvalue weighted by Gasteiger charge is 2.14. The summed E-state index contributed by atoms with van der Waals surface area (Å²) in [5, 5.41) is 15.9. The van der Waals surface area contributed by atoms with Crippen LogP contribution in [0, 0.1) is 13.8 Å². The Labute approximate surface area is 171 Å². The Bertz CT molecular complexity index is 1160. The first kappa shape index (κ1) is 18.9. The number of hydrogen-bond acceptors (Lipinski definition) is 7. The zero-order valence-electron chi connectivity index (χ0n) is 16.2. The lowest BCUT2D eigenvalue weighted by Gasteiger charge is -2.13. The molecule has 0 radical (unpaired) electrons. The zero-order valence-corrected chi connectivity index (χ0v) is 17.0. The van der Waals surface area contributed by atoms with Gasteiger partial charge in [0, 0.05) is 5.56 Å². The van der Waals surface area contributed by atoms with Crippen LogP contribution >= 0.6 is 11.3 Å². The summed E-state index contributed by atoms with van der Waals surface area (Å²) >= 11 is 1.41. The molecule has 0 bridgehead atoms. The van der Waals surface area contributed by atoms with Crippen LogP contribution in [0.5, 0.6) is 11.5 Å². The van der Waals surface area contributed by atoms with Crippen molar-refractivity contribution in [1.82, 2.24) is 19.8 Å². The molecular weight excluding hydrogens is 390 g/mol. The number of ether oxygens (including phenoxy) is 2. The lowest BCUT2D eigenvalue weighted by Crippen LogP contribution is -2.20. The first-order chi connectivity index (χ1) is 14.0. The molecule has 4 aromatic rings. The van der Waals surface area contributed by atoms with Crippen LogP contribution < -0.4 is 14.8 Å². The van der Waals surface area contributed by atoms with Crippen molar-refractivity contribution in [2.24, 2.45) is 0 Å². The van der Waals surface area contributed by atoms with Crippen molar-refractivity contribution >= 4 is 27.9 Å². The number of carbonyl (C=O) groups is 1. The van der Waals surface area contributed by atoms with Gasteiger partial charge in [0.15, 0.2) is 6.61 Å². The van der Waals surface area contributed by atoms with E-state index in [1.165, 1.54) is 11.3 Å². The number of fused-ring (bicyclic) bond motifs is 1. The summed E-state index contributed by atoms with van der Waals surface area (Å²) in [5.41, 5.74) is 3.52. The third-order valence-electron chi connectivity index (χ3n) is 4.52. The second-order valence-electron chi connectivity index (χ2n) is 6.42. The minimum Gasteiger partial charge on any atom is -0.495 e. The molecule has 0 aliphatic heterocycles. The van der Waals surface area contributed by atoms with Gasteiger partial charge in [-0.2, -0.15) is 9.61 Å². The van der Waals surface area contributed by atoms with Crippen molar-refractivity contribution in [3.63, 3.8) is 0 Å². The summed E-state index contributed by atoms with van der Waals surface area (Å²) in [5.74, 6) is 0.969. The summed E-state index contributed by atoms with van der Waals surface area (Å²) < 4.78 is 12.7. The molecule has 29 heavy (non-hydrogen) atoms. The molecule has 4 rings (SSSR count). The molecule has 0 aliphatic rings. The van der Waals surface area contributed by atoms with Gasteiger partial charge in [-0.25, -0.2) is 0 Å². The fraction of sp³-hybridized carbons (Fsp3) is 0.200. The molecular formula is C20H19N5O3S. The Morgan fingerprint density at radius 3 is 2.86 bits per heavy atom. The fourth-order valence-corrected chi connectivity index (χ4v) is 3.64. The summed E-state index contributed by atoms with van der Waals surface area (Å²) in [6.45, 7) is 3.87. The molecule has 2 aromatic heterocycles. The Morgan fingerprint density at radius 2 is 2.07 bits per heavy atom. The average Bonchev–Trinajstić information content (AvgIpc) is 3.31. The van der Waals surface area contributed by atoms with Crippen LogP contribution in [0.2, 0.25) is 0 Å². The van der Waals surface area contributed by atoms with Crippen LogP contribution in [0.15, 0.2) is 42.7 Å². The molecule has 2 aromatic carbocycles. The van der Waals surface area contributed by atoms with Gasteiger partial charge in [-0.3, -0.25) is 4.79 Å². The van der Waals surface area contributed by atoms with Crippen molar-refractivity contribution in [1.29, 1.82) is 0 Å². The highest BCUT2D eigenvalue weighted by molar-refractivity contribution is 7.19. The van der Waals surface area contributed by atoms with E-state index >= 15 is 0 Å². The molecule has 0 fully saturated rings. The molecule has 9 heteroatoms. The molecule has 148 valence electrons. The lowest BCUT2D eigenvalue weighted by atomic mass is 10.1. The van der Waals surface area contributed by atoms with Gasteiger partial charge in [-0.05, 0) is 49.2 Å². The first-order valence-corrected chi connectivity index (χ1v) is 9.71. The standard InChI is InChI=1S/C20H19N5O3S/c1-12-5-4-6-16(13(12)2)28-10-18(26)22-15-9-14(7-8-17(15)27-3)19-24-25-11-21-23-20(25)29-19/h4-9,11H,10H2,1-3H3,(H,22,26). The van der Waals surface area contributed by atoms with E-state index in [4.69, 9.17) is 9.47 Å². The Balaban J connectivity index is 1.51. The summed E-state index contributed by atoms with van der Waals surface area (Å²) in [6.07, 6.45) is 1.55. The second kappa shape index (κ2) is 7.88. The molecule has 0 saturated heterocycles. The molecule has 0 unspecified atom stereocenters. The number of methoxy groups -OCH3 is 1. The van der Waals surface area contributed by atoms with Crippen molar-refractivity contribution in [3.05, 3.63) is 53.9 Å². The van der Waals surface area contributed by atoms with Gasteiger partial charge in [-0.15, -0.1) is 10.2 Å². The van der Waals surface area contributed by atoms with E-state index in [-0.39, 0.29) is 12.5 Å². The maximum absolute atomic E-state index is 12.5. The van der Waals surface area contributed by atoms with Gasteiger partial charge in [0.05, 0.1) is 12.8 Å². The maximum atomic E-state index is 12.5. The van der Waals surface area contributed by atoms with E-state index in [1.807, 2.05) is 44.2 Å². The maximum Gasteiger partial charge on any atom is 0.262 e. The zero-order chi connectivity index (χ0) is 20.4. The summed E-state index contributed by atoms with van der Waals surface area (Å²) in [6, 6.07) is 11.3. The van der Waals surface area contributed by atoms with E-state index in [0.717, 1.165) is 21.7 Å². The van der Waals surface area contributed by atoms with Crippen LogP contribution in [-0.4, -0.2) is 39.4 Å². The van der Waals surface area contributed by atoms with Crippen molar-refractivity contribution in [2.75, 3.05) is 19.0 Å². The number of amides is 1. The van der Waals surface area contributed by atoms with E-state index in [0.29, 0.717) is 22.1 Å². The number of benzene rings is 2. The first-order valence-electron chi connectivity index (χ1n) is 8.89. The smallest absolute Gasteiger partial charge is 0.262 e. The van der Waals surface area contributed by atoms with Gasteiger partial charge >= 0.3 is 0 Å². The van der Waals surface area contributed by atoms with Crippen LogP contribution in [0.4, 0.5) is 5.69 Å². The van der Waals surface area contributed by atoms with Crippen molar-refractivity contribution in [2.45, 2.75) is 13.8 Å². The number of hydrogen-bond donors (Lipinski definition) is 1. The quantitative estimate of drug-likeness (QED) is 0.524. The Kier molecular flexibility index (Phi) is 5.13. The number of anilines is 1. The number of nitrogens with one attached hydrogen (secondary N) is 1. The highest BCUT2D eigenvalue weighted by Crippen LogP contribution is 2.32. The predicted octanol–water partition coefficient (Wildman–Crippen LogP) is 3.50. The van der Waals surface area contributed by atoms with Crippen LogP contribution in [0.1, 0.15) is 11.1 Å². The summed E-state index contributed by atoms with van der Waals surface area (Å²) in [4.78, 5) is 13.2. The third-order valence-corrected chi connectivity index (χ3v) is 5.48. The number of aryl methyl sites for hydroxylation is 1. The molecule has 0 aliphatic carbocycles. The van der Waals surface area contributed by atoms with Crippen molar-refractivity contribution in [3.8, 4) is 22.1 Å². The predicted molar refractivity (Wildman–Crippen MR) is 111 cm³/mol. The molecule has 8 nitrogen and oxygen atoms in total. The topological polar surface area (TPSA) is 90.6 Å². The largest absolute Gasteiger partial charge is 0.495 e. The average molecular weight is 409 g/mol. The number of rotatable bonds is 6. The van der Waals surface area contributed by atoms with E-state index in [9.17, 15) is 4.79 Å². The molecule has 2 heterocycles. The Morgan fingerprint density at radius 1 is 1.21 bits per heavy atom. The van der Waals surface area contributed by atoms with E-state index in [2.05, 4.69) is 20.6 Å². The molecule has 0 spiro atoms. The van der Waals surface area contributed by atoms with Gasteiger partial charge in [-0.1, -0.05) is 23.5 Å².